The third-order valence-electron chi connectivity index (χ3n) is 3.02. The average Bonchev–Trinajstić information content (AvgIpc) is 2.46. The quantitative estimate of drug-likeness (QED) is 0.870. The minimum atomic E-state index is -4.81. The predicted octanol–water partition coefficient (Wildman–Crippen LogP) is 3.93. The first-order valence-electron chi connectivity index (χ1n) is 6.01. The van der Waals surface area contributed by atoms with Crippen molar-refractivity contribution >= 4 is 0 Å². The summed E-state index contributed by atoms with van der Waals surface area (Å²) in [4.78, 5) is 0. The summed E-state index contributed by atoms with van der Waals surface area (Å²) < 4.78 is 56.2. The van der Waals surface area contributed by atoms with Gasteiger partial charge >= 0.3 is 6.18 Å². The predicted molar refractivity (Wildman–Crippen MR) is 68.5 cm³/mol. The molecule has 0 aliphatic carbocycles. The highest BCUT2D eigenvalue weighted by atomic mass is 19.4. The summed E-state index contributed by atoms with van der Waals surface area (Å²) in [5.74, 6) is -0.909. The van der Waals surface area contributed by atoms with E-state index in [0.717, 1.165) is 6.07 Å². The number of hydrogen-bond acceptors (Lipinski definition) is 2. The van der Waals surface area contributed by atoms with E-state index < -0.39 is 23.7 Å². The van der Waals surface area contributed by atoms with E-state index in [2.05, 4.69) is 0 Å². The summed E-state index contributed by atoms with van der Waals surface area (Å²) in [6, 6.07) is 8.72. The van der Waals surface area contributed by atoms with Gasteiger partial charge in [-0.2, -0.15) is 13.2 Å². The molecule has 0 radical (unpaired) electrons. The van der Waals surface area contributed by atoms with Gasteiger partial charge in [0.05, 0.1) is 12.7 Å². The molecule has 0 aliphatic rings. The van der Waals surface area contributed by atoms with Crippen LogP contribution in [-0.2, 0) is 6.18 Å². The molecule has 0 bridgehead atoms. The lowest BCUT2D eigenvalue weighted by Crippen LogP contribution is -2.10. The molecule has 0 saturated carbocycles. The van der Waals surface area contributed by atoms with Crippen LogP contribution in [0.2, 0.25) is 0 Å². The molecule has 21 heavy (non-hydrogen) atoms. The highest BCUT2D eigenvalue weighted by Gasteiger charge is 2.34. The fourth-order valence-corrected chi connectivity index (χ4v) is 1.93. The van der Waals surface area contributed by atoms with E-state index in [1.165, 1.54) is 13.2 Å². The summed E-state index contributed by atoms with van der Waals surface area (Å²) in [5, 5.41) is 10.1. The van der Waals surface area contributed by atoms with Crippen LogP contribution in [0, 0.1) is 5.82 Å². The summed E-state index contributed by atoms with van der Waals surface area (Å²) >= 11 is 0. The topological polar surface area (TPSA) is 29.5 Å². The van der Waals surface area contributed by atoms with Gasteiger partial charge in [-0.25, -0.2) is 4.39 Å². The van der Waals surface area contributed by atoms with Crippen molar-refractivity contribution in [1.82, 2.24) is 0 Å². The first kappa shape index (κ1) is 15.3. The molecule has 0 fully saturated rings. The molecule has 2 rings (SSSR count). The lowest BCUT2D eigenvalue weighted by atomic mass is 9.99. The molecular weight excluding hydrogens is 288 g/mol. The third kappa shape index (κ3) is 3.33. The summed E-state index contributed by atoms with van der Waals surface area (Å²) in [6.45, 7) is 0. The van der Waals surface area contributed by atoms with Gasteiger partial charge in [-0.3, -0.25) is 0 Å². The zero-order chi connectivity index (χ0) is 15.6. The van der Waals surface area contributed by atoms with Crippen LogP contribution >= 0.6 is 0 Å². The number of benzene rings is 2. The van der Waals surface area contributed by atoms with Crippen molar-refractivity contribution in [3.05, 3.63) is 65.0 Å². The molecule has 112 valence electrons. The first-order chi connectivity index (χ1) is 9.82. The molecule has 6 heteroatoms. The molecule has 0 saturated heterocycles. The number of aliphatic hydroxyl groups excluding tert-OH is 1. The van der Waals surface area contributed by atoms with E-state index in [1.54, 1.807) is 18.2 Å². The maximum Gasteiger partial charge on any atom is 0.419 e. The van der Waals surface area contributed by atoms with Gasteiger partial charge in [-0.1, -0.05) is 18.2 Å². The molecule has 0 spiro atoms. The van der Waals surface area contributed by atoms with Gasteiger partial charge in [0.25, 0.3) is 0 Å². The third-order valence-corrected chi connectivity index (χ3v) is 3.02. The Hall–Kier alpha value is -2.08. The Kier molecular flexibility index (Phi) is 4.18. The van der Waals surface area contributed by atoms with Crippen LogP contribution in [0.5, 0.6) is 5.75 Å². The van der Waals surface area contributed by atoms with Crippen LogP contribution in [0.25, 0.3) is 0 Å². The van der Waals surface area contributed by atoms with Gasteiger partial charge in [0.1, 0.15) is 17.7 Å². The summed E-state index contributed by atoms with van der Waals surface area (Å²) in [5.41, 5.74) is -1.09. The lowest BCUT2D eigenvalue weighted by Gasteiger charge is -2.15. The van der Waals surface area contributed by atoms with Crippen LogP contribution in [0.1, 0.15) is 22.8 Å². The first-order valence-corrected chi connectivity index (χ1v) is 6.01. The van der Waals surface area contributed by atoms with Gasteiger partial charge in [-0.15, -0.1) is 0 Å². The molecule has 2 aromatic rings. The van der Waals surface area contributed by atoms with Crippen LogP contribution in [0.3, 0.4) is 0 Å². The number of rotatable bonds is 3. The zero-order valence-electron chi connectivity index (χ0n) is 11.0. The second-order valence-corrected chi connectivity index (χ2v) is 4.42. The molecule has 0 aromatic heterocycles. The number of methoxy groups -OCH3 is 1. The van der Waals surface area contributed by atoms with Crippen molar-refractivity contribution in [2.24, 2.45) is 0 Å². The molecule has 0 heterocycles. The van der Waals surface area contributed by atoms with E-state index >= 15 is 0 Å². The number of ether oxygens (including phenoxy) is 1. The maximum absolute atomic E-state index is 13.2. The fraction of sp³-hybridized carbons (Fsp3) is 0.200. The van der Waals surface area contributed by atoms with Gasteiger partial charge in [-0.05, 0) is 35.4 Å². The van der Waals surface area contributed by atoms with Crippen molar-refractivity contribution < 1.29 is 27.4 Å². The van der Waals surface area contributed by atoms with Crippen molar-refractivity contribution in [2.45, 2.75) is 12.3 Å². The molecule has 0 aliphatic heterocycles. The molecule has 1 atom stereocenters. The smallest absolute Gasteiger partial charge is 0.419 e. The molecule has 1 N–H and O–H groups in total. The van der Waals surface area contributed by atoms with Gasteiger partial charge in [0.2, 0.25) is 0 Å². The van der Waals surface area contributed by atoms with Crippen molar-refractivity contribution in [1.29, 1.82) is 0 Å². The number of alkyl halides is 3. The van der Waals surface area contributed by atoms with E-state index in [4.69, 9.17) is 4.74 Å². The number of halogens is 4. The molecule has 1 unspecified atom stereocenters. The van der Waals surface area contributed by atoms with Crippen LogP contribution in [0.4, 0.5) is 17.6 Å². The Morgan fingerprint density at radius 3 is 2.33 bits per heavy atom. The van der Waals surface area contributed by atoms with Gasteiger partial charge in [0.15, 0.2) is 0 Å². The molecule has 2 aromatic carbocycles. The monoisotopic (exact) mass is 300 g/mol. The standard InChI is InChI=1S/C15H12F4O2/c1-21-11-4-2-3-9(7-11)14(20)10-5-6-13(16)12(8-10)15(17,18)19/h2-8,14,20H,1H3. The fourth-order valence-electron chi connectivity index (χ4n) is 1.93. The van der Waals surface area contributed by atoms with E-state index in [1.807, 2.05) is 0 Å². The average molecular weight is 300 g/mol. The number of aliphatic hydroxyl groups is 1. The van der Waals surface area contributed by atoms with Crippen molar-refractivity contribution in [2.75, 3.05) is 7.11 Å². The summed E-state index contributed by atoms with van der Waals surface area (Å²) in [6.07, 6.45) is -6.12. The Bertz CT molecular complexity index is 638. The largest absolute Gasteiger partial charge is 0.497 e. The van der Waals surface area contributed by atoms with Crippen LogP contribution in [-0.4, -0.2) is 12.2 Å². The van der Waals surface area contributed by atoms with Gasteiger partial charge < -0.3 is 9.84 Å². The molecule has 0 amide bonds. The van der Waals surface area contributed by atoms with E-state index in [-0.39, 0.29) is 5.56 Å². The number of hydrogen-bond donors (Lipinski definition) is 1. The lowest BCUT2D eigenvalue weighted by molar-refractivity contribution is -0.140. The highest BCUT2D eigenvalue weighted by Crippen LogP contribution is 2.34. The molecular formula is C15H12F4O2. The minimum absolute atomic E-state index is 0.0445. The van der Waals surface area contributed by atoms with Crippen LogP contribution < -0.4 is 4.74 Å². The summed E-state index contributed by atoms with van der Waals surface area (Å²) in [7, 11) is 1.44. The van der Waals surface area contributed by atoms with Crippen molar-refractivity contribution in [3.8, 4) is 5.75 Å². The zero-order valence-corrected chi connectivity index (χ0v) is 11.0. The maximum atomic E-state index is 13.2. The normalized spacial score (nSPS) is 13.0. The van der Waals surface area contributed by atoms with Crippen LogP contribution in [0.15, 0.2) is 42.5 Å². The van der Waals surface area contributed by atoms with E-state index in [9.17, 15) is 22.7 Å². The van der Waals surface area contributed by atoms with E-state index in [0.29, 0.717) is 23.4 Å². The van der Waals surface area contributed by atoms with Crippen molar-refractivity contribution in [3.63, 3.8) is 0 Å². The minimum Gasteiger partial charge on any atom is -0.497 e. The highest BCUT2D eigenvalue weighted by molar-refractivity contribution is 5.37. The second kappa shape index (κ2) is 5.73. The Morgan fingerprint density at radius 1 is 1.05 bits per heavy atom. The van der Waals surface area contributed by atoms with Gasteiger partial charge in [0, 0.05) is 0 Å². The molecule has 2 nitrogen and oxygen atoms in total. The Labute approximate surface area is 118 Å². The Morgan fingerprint density at radius 2 is 1.71 bits per heavy atom. The second-order valence-electron chi connectivity index (χ2n) is 4.42. The SMILES string of the molecule is COc1cccc(C(O)c2ccc(F)c(C(F)(F)F)c2)c1. The Balaban J connectivity index is 2.41.